The molecule has 2 aromatic rings. The van der Waals surface area contributed by atoms with Crippen LogP contribution in [0.3, 0.4) is 0 Å². The monoisotopic (exact) mass is 316 g/mol. The Balaban J connectivity index is 1.91. The Bertz CT molecular complexity index is 826. The molecule has 24 heavy (non-hydrogen) atoms. The summed E-state index contributed by atoms with van der Waals surface area (Å²) in [4.78, 5) is 0. The Hall–Kier alpha value is -2.15. The molecule has 0 saturated heterocycles. The van der Waals surface area contributed by atoms with Crippen molar-refractivity contribution in [1.29, 1.82) is 0 Å². The average Bonchev–Trinajstić information content (AvgIpc) is 3.12. The fourth-order valence-electron chi connectivity index (χ4n) is 4.29. The van der Waals surface area contributed by atoms with Gasteiger partial charge >= 0.3 is 0 Å². The van der Waals surface area contributed by atoms with E-state index in [4.69, 9.17) is 0 Å². The van der Waals surface area contributed by atoms with Crippen molar-refractivity contribution in [2.45, 2.75) is 52.0 Å². The van der Waals surface area contributed by atoms with E-state index >= 15 is 0 Å². The molecule has 2 aliphatic heterocycles. The summed E-state index contributed by atoms with van der Waals surface area (Å²) in [5, 5.41) is 0. The lowest BCUT2D eigenvalue weighted by Gasteiger charge is -2.22. The minimum Gasteiger partial charge on any atom is -0.197 e. The Morgan fingerprint density at radius 3 is 2.21 bits per heavy atom. The summed E-state index contributed by atoms with van der Waals surface area (Å²) in [6, 6.07) is 15.8. The zero-order valence-corrected chi connectivity index (χ0v) is 15.1. The van der Waals surface area contributed by atoms with Crippen molar-refractivity contribution >= 4 is 5.71 Å². The number of rotatable bonds is 3. The first-order valence-electron chi connectivity index (χ1n) is 9.10. The normalized spacial score (nSPS) is 18.7. The highest BCUT2D eigenvalue weighted by Gasteiger charge is 2.39. The van der Waals surface area contributed by atoms with Gasteiger partial charge in [0.1, 0.15) is 0 Å². The molecule has 2 heterocycles. The van der Waals surface area contributed by atoms with E-state index in [1.165, 1.54) is 33.5 Å². The fourth-order valence-corrected chi connectivity index (χ4v) is 4.29. The molecule has 1 atom stereocenters. The van der Waals surface area contributed by atoms with Crippen LogP contribution in [0.2, 0.25) is 0 Å². The van der Waals surface area contributed by atoms with Gasteiger partial charge in [0.25, 0.3) is 0 Å². The van der Waals surface area contributed by atoms with Crippen LogP contribution < -0.4 is 0 Å². The van der Waals surface area contributed by atoms with Crippen molar-refractivity contribution < 1.29 is 4.58 Å². The fraction of sp³-hybridized carbons (Fsp3) is 0.348. The van der Waals surface area contributed by atoms with Crippen LogP contribution in [-0.2, 0) is 6.54 Å². The first-order chi connectivity index (χ1) is 11.6. The number of benzene rings is 2. The molecule has 0 saturated carbocycles. The zero-order valence-electron chi connectivity index (χ0n) is 15.1. The van der Waals surface area contributed by atoms with Gasteiger partial charge in [-0.2, -0.15) is 4.58 Å². The van der Waals surface area contributed by atoms with Crippen molar-refractivity contribution in [3.05, 3.63) is 82.6 Å². The standard InChI is InChI=1S/C23H26N/c1-15(2)18-10-7-11-19(16(3)4)22(18)21-12-13-24-14-17-8-5-6-9-20(17)23(21)24/h5-13,15-16,21H,14H2,1-4H3/q+1. The number of fused-ring (bicyclic) bond motifs is 2. The van der Waals surface area contributed by atoms with Crippen LogP contribution >= 0.6 is 0 Å². The summed E-state index contributed by atoms with van der Waals surface area (Å²) in [6.07, 6.45) is 4.69. The summed E-state index contributed by atoms with van der Waals surface area (Å²) in [5.41, 5.74) is 8.88. The summed E-state index contributed by atoms with van der Waals surface area (Å²) < 4.78 is 2.44. The third-order valence-corrected chi connectivity index (χ3v) is 5.43. The van der Waals surface area contributed by atoms with E-state index in [0.29, 0.717) is 17.8 Å². The van der Waals surface area contributed by atoms with Crippen molar-refractivity contribution in [2.24, 2.45) is 0 Å². The van der Waals surface area contributed by atoms with Crippen molar-refractivity contribution in [2.75, 3.05) is 0 Å². The maximum atomic E-state index is 2.44. The Kier molecular flexibility index (Phi) is 3.68. The molecule has 0 N–H and O–H groups in total. The minimum atomic E-state index is 0.379. The Morgan fingerprint density at radius 1 is 0.875 bits per heavy atom. The second kappa shape index (κ2) is 5.73. The number of allylic oxidation sites excluding steroid dienone is 1. The van der Waals surface area contributed by atoms with Gasteiger partial charge in [-0.25, -0.2) is 0 Å². The van der Waals surface area contributed by atoms with E-state index in [9.17, 15) is 0 Å². The van der Waals surface area contributed by atoms with Gasteiger partial charge in [-0.3, -0.25) is 0 Å². The van der Waals surface area contributed by atoms with Gasteiger partial charge < -0.3 is 0 Å². The van der Waals surface area contributed by atoms with Crippen LogP contribution in [0.15, 0.2) is 54.7 Å². The Labute approximate surface area is 145 Å². The molecular weight excluding hydrogens is 290 g/mol. The molecule has 0 spiro atoms. The number of nitrogens with zero attached hydrogens (tertiary/aromatic N) is 1. The second-order valence-corrected chi connectivity index (χ2v) is 7.65. The molecule has 0 bridgehead atoms. The highest BCUT2D eigenvalue weighted by molar-refractivity contribution is 6.06. The molecular formula is C23H26N+. The molecule has 0 amide bonds. The Morgan fingerprint density at radius 2 is 1.54 bits per heavy atom. The van der Waals surface area contributed by atoms with Crippen LogP contribution in [-0.4, -0.2) is 10.3 Å². The SMILES string of the molecule is CC(C)c1cccc(C(C)C)c1C1C=C[N+]2=C1c1ccccc1C2. The molecule has 2 aliphatic rings. The van der Waals surface area contributed by atoms with Crippen LogP contribution in [0.4, 0.5) is 0 Å². The van der Waals surface area contributed by atoms with Crippen LogP contribution in [0, 0.1) is 0 Å². The molecule has 122 valence electrons. The van der Waals surface area contributed by atoms with E-state index in [-0.39, 0.29) is 0 Å². The lowest BCUT2D eigenvalue weighted by atomic mass is 9.79. The molecule has 1 unspecified atom stereocenters. The van der Waals surface area contributed by atoms with E-state index in [0.717, 1.165) is 6.54 Å². The molecule has 1 nitrogen and oxygen atoms in total. The number of hydrogen-bond donors (Lipinski definition) is 0. The largest absolute Gasteiger partial charge is 0.201 e. The van der Waals surface area contributed by atoms with Gasteiger partial charge in [0.2, 0.25) is 5.71 Å². The lowest BCUT2D eigenvalue weighted by Crippen LogP contribution is -2.17. The minimum absolute atomic E-state index is 0.379. The first-order valence-corrected chi connectivity index (χ1v) is 9.10. The third kappa shape index (κ3) is 2.26. The molecule has 0 radical (unpaired) electrons. The zero-order chi connectivity index (χ0) is 16.8. The molecule has 2 aromatic carbocycles. The second-order valence-electron chi connectivity index (χ2n) is 7.65. The lowest BCUT2D eigenvalue weighted by molar-refractivity contribution is -0.466. The van der Waals surface area contributed by atoms with E-state index < -0.39 is 0 Å². The van der Waals surface area contributed by atoms with Crippen LogP contribution in [0.1, 0.15) is 73.3 Å². The third-order valence-electron chi connectivity index (χ3n) is 5.43. The van der Waals surface area contributed by atoms with Gasteiger partial charge in [-0.05, 0) is 40.7 Å². The van der Waals surface area contributed by atoms with Gasteiger partial charge in [0, 0.05) is 5.56 Å². The van der Waals surface area contributed by atoms with Gasteiger partial charge in [-0.1, -0.05) is 64.1 Å². The highest BCUT2D eigenvalue weighted by Crippen LogP contribution is 2.40. The maximum absolute atomic E-state index is 2.44. The summed E-state index contributed by atoms with van der Waals surface area (Å²) in [6.45, 7) is 10.3. The predicted molar refractivity (Wildman–Crippen MR) is 101 cm³/mol. The molecule has 4 rings (SSSR count). The van der Waals surface area contributed by atoms with Gasteiger partial charge in [-0.15, -0.1) is 0 Å². The first kappa shape index (κ1) is 15.4. The van der Waals surface area contributed by atoms with Crippen molar-refractivity contribution in [3.63, 3.8) is 0 Å². The predicted octanol–water partition coefficient (Wildman–Crippen LogP) is 5.56. The molecule has 1 heteroatoms. The summed E-state index contributed by atoms with van der Waals surface area (Å²) in [7, 11) is 0. The summed E-state index contributed by atoms with van der Waals surface area (Å²) in [5.74, 6) is 1.46. The summed E-state index contributed by atoms with van der Waals surface area (Å²) >= 11 is 0. The van der Waals surface area contributed by atoms with Crippen molar-refractivity contribution in [3.8, 4) is 0 Å². The van der Waals surface area contributed by atoms with Crippen LogP contribution in [0.25, 0.3) is 0 Å². The van der Waals surface area contributed by atoms with Crippen LogP contribution in [0.5, 0.6) is 0 Å². The van der Waals surface area contributed by atoms with E-state index in [1.807, 2.05) is 0 Å². The topological polar surface area (TPSA) is 3.01 Å². The van der Waals surface area contributed by atoms with Gasteiger partial charge in [0.15, 0.2) is 12.7 Å². The molecule has 0 fully saturated rings. The average molecular weight is 316 g/mol. The quantitative estimate of drug-likeness (QED) is 0.652. The number of hydrogen-bond acceptors (Lipinski definition) is 0. The smallest absolute Gasteiger partial charge is 0.197 e. The van der Waals surface area contributed by atoms with Crippen molar-refractivity contribution in [1.82, 2.24) is 0 Å². The molecule has 0 aliphatic carbocycles. The maximum Gasteiger partial charge on any atom is 0.201 e. The van der Waals surface area contributed by atoms with E-state index in [1.54, 1.807) is 0 Å². The van der Waals surface area contributed by atoms with E-state index in [2.05, 4.69) is 87.0 Å². The highest BCUT2D eigenvalue weighted by atomic mass is 15.0. The van der Waals surface area contributed by atoms with Gasteiger partial charge in [0.05, 0.1) is 11.5 Å². The molecule has 0 aromatic heterocycles.